The normalized spacial score (nSPS) is 11.8. The number of rotatable bonds is 6. The van der Waals surface area contributed by atoms with E-state index in [9.17, 15) is 5.11 Å². The van der Waals surface area contributed by atoms with Crippen LogP contribution in [0.3, 0.4) is 0 Å². The Balaban J connectivity index is 2.17. The van der Waals surface area contributed by atoms with Gasteiger partial charge in [-0.15, -0.1) is 0 Å². The van der Waals surface area contributed by atoms with Gasteiger partial charge in [0.25, 0.3) is 0 Å². The van der Waals surface area contributed by atoms with Crippen LogP contribution in [0.15, 0.2) is 36.5 Å². The highest BCUT2D eigenvalue weighted by molar-refractivity contribution is 5.43. The highest BCUT2D eigenvalue weighted by Gasteiger charge is 2.08. The van der Waals surface area contributed by atoms with E-state index in [-0.39, 0.29) is 0 Å². The summed E-state index contributed by atoms with van der Waals surface area (Å²) < 4.78 is 16.1. The molecule has 1 aromatic heterocycles. The number of aliphatic hydroxyl groups excluding tert-OH is 1. The minimum atomic E-state index is -0.545. The van der Waals surface area contributed by atoms with E-state index in [1.807, 2.05) is 6.92 Å². The Labute approximate surface area is 124 Å². The van der Waals surface area contributed by atoms with Crippen LogP contribution in [0.5, 0.6) is 23.0 Å². The summed E-state index contributed by atoms with van der Waals surface area (Å²) in [7, 11) is 3.17. The van der Waals surface area contributed by atoms with Gasteiger partial charge in [-0.05, 0) is 18.6 Å². The zero-order valence-corrected chi connectivity index (χ0v) is 12.4. The SMILES string of the molecule is CC[C@H](O)c1ccc(Oc2cc(OC)cc(OC)c2)cn1. The minimum absolute atomic E-state index is 0.545. The number of methoxy groups -OCH3 is 2. The first-order valence-electron chi connectivity index (χ1n) is 6.71. The molecule has 0 aliphatic heterocycles. The number of benzene rings is 1. The quantitative estimate of drug-likeness (QED) is 0.883. The first kappa shape index (κ1) is 15.1. The molecule has 21 heavy (non-hydrogen) atoms. The molecule has 0 aliphatic carbocycles. The Morgan fingerprint density at radius 3 is 2.10 bits per heavy atom. The molecular weight excluding hydrogens is 270 g/mol. The summed E-state index contributed by atoms with van der Waals surface area (Å²) in [5, 5.41) is 9.71. The van der Waals surface area contributed by atoms with Gasteiger partial charge in [-0.25, -0.2) is 0 Å². The molecule has 0 aliphatic rings. The third-order valence-electron chi connectivity index (χ3n) is 3.05. The zero-order chi connectivity index (χ0) is 15.2. The zero-order valence-electron chi connectivity index (χ0n) is 12.4. The molecule has 1 atom stereocenters. The largest absolute Gasteiger partial charge is 0.496 e. The van der Waals surface area contributed by atoms with E-state index in [4.69, 9.17) is 14.2 Å². The number of nitrogens with zero attached hydrogens (tertiary/aromatic N) is 1. The van der Waals surface area contributed by atoms with Crippen molar-refractivity contribution in [3.05, 3.63) is 42.2 Å². The van der Waals surface area contributed by atoms with Gasteiger partial charge in [0.05, 0.1) is 32.2 Å². The van der Waals surface area contributed by atoms with Crippen molar-refractivity contribution in [1.82, 2.24) is 4.98 Å². The summed E-state index contributed by atoms with van der Waals surface area (Å²) in [5.41, 5.74) is 0.632. The molecule has 0 radical (unpaired) electrons. The van der Waals surface area contributed by atoms with Gasteiger partial charge >= 0.3 is 0 Å². The van der Waals surface area contributed by atoms with Gasteiger partial charge in [0.2, 0.25) is 0 Å². The summed E-state index contributed by atoms with van der Waals surface area (Å²) in [6.45, 7) is 1.90. The maximum atomic E-state index is 9.71. The Kier molecular flexibility index (Phi) is 5.00. The molecule has 5 heteroatoms. The topological polar surface area (TPSA) is 60.8 Å². The molecule has 1 N–H and O–H groups in total. The van der Waals surface area contributed by atoms with Crippen molar-refractivity contribution in [3.63, 3.8) is 0 Å². The predicted molar refractivity (Wildman–Crippen MR) is 79.1 cm³/mol. The Bertz CT molecular complexity index is 561. The average Bonchev–Trinajstić information content (AvgIpc) is 2.54. The lowest BCUT2D eigenvalue weighted by atomic mass is 10.2. The van der Waals surface area contributed by atoms with Crippen LogP contribution in [0.4, 0.5) is 0 Å². The Hall–Kier alpha value is -2.27. The van der Waals surface area contributed by atoms with Crippen LogP contribution < -0.4 is 14.2 Å². The molecule has 2 rings (SSSR count). The predicted octanol–water partition coefficient (Wildman–Crippen LogP) is 3.33. The summed E-state index contributed by atoms with van der Waals surface area (Å²) >= 11 is 0. The van der Waals surface area contributed by atoms with Crippen molar-refractivity contribution in [2.45, 2.75) is 19.4 Å². The van der Waals surface area contributed by atoms with E-state index < -0.39 is 6.10 Å². The van der Waals surface area contributed by atoms with Crippen molar-refractivity contribution in [2.24, 2.45) is 0 Å². The van der Waals surface area contributed by atoms with E-state index in [2.05, 4.69) is 4.98 Å². The van der Waals surface area contributed by atoms with E-state index in [0.717, 1.165) is 0 Å². The molecule has 2 aromatic rings. The smallest absolute Gasteiger partial charge is 0.145 e. The molecule has 0 amide bonds. The van der Waals surface area contributed by atoms with Crippen LogP contribution in [0.25, 0.3) is 0 Å². The summed E-state index contributed by atoms with van der Waals surface area (Å²) in [6.07, 6.45) is 1.66. The number of aliphatic hydroxyl groups is 1. The molecule has 1 aromatic carbocycles. The highest BCUT2D eigenvalue weighted by Crippen LogP contribution is 2.30. The average molecular weight is 289 g/mol. The van der Waals surface area contributed by atoms with Crippen LogP contribution in [-0.4, -0.2) is 24.3 Å². The monoisotopic (exact) mass is 289 g/mol. The molecule has 0 saturated carbocycles. The fraction of sp³-hybridized carbons (Fsp3) is 0.312. The number of ether oxygens (including phenoxy) is 3. The third kappa shape index (κ3) is 3.86. The fourth-order valence-electron chi connectivity index (χ4n) is 1.83. The molecule has 0 spiro atoms. The maximum absolute atomic E-state index is 9.71. The minimum Gasteiger partial charge on any atom is -0.496 e. The Morgan fingerprint density at radius 1 is 1.00 bits per heavy atom. The van der Waals surface area contributed by atoms with Crippen LogP contribution in [0.1, 0.15) is 25.1 Å². The molecule has 112 valence electrons. The van der Waals surface area contributed by atoms with Crippen LogP contribution in [0, 0.1) is 0 Å². The van der Waals surface area contributed by atoms with E-state index in [0.29, 0.717) is 35.1 Å². The van der Waals surface area contributed by atoms with Gasteiger partial charge in [0, 0.05) is 18.2 Å². The second-order valence-electron chi connectivity index (χ2n) is 4.49. The molecule has 0 saturated heterocycles. The van der Waals surface area contributed by atoms with Crippen molar-refractivity contribution in [3.8, 4) is 23.0 Å². The lowest BCUT2D eigenvalue weighted by Crippen LogP contribution is -1.98. The van der Waals surface area contributed by atoms with Crippen LogP contribution >= 0.6 is 0 Å². The lowest BCUT2D eigenvalue weighted by molar-refractivity contribution is 0.169. The number of aromatic nitrogens is 1. The number of pyridine rings is 1. The molecule has 0 unspecified atom stereocenters. The standard InChI is InChI=1S/C16H19NO4/c1-4-16(18)15-6-5-11(10-17-15)21-14-8-12(19-2)7-13(9-14)20-3/h5-10,16,18H,4H2,1-3H3/t16-/m0/s1. The van der Waals surface area contributed by atoms with Gasteiger partial charge in [-0.2, -0.15) is 0 Å². The van der Waals surface area contributed by atoms with Crippen LogP contribution in [0.2, 0.25) is 0 Å². The lowest BCUT2D eigenvalue weighted by Gasteiger charge is -2.11. The first-order chi connectivity index (χ1) is 10.2. The van der Waals surface area contributed by atoms with Crippen LogP contribution in [-0.2, 0) is 0 Å². The third-order valence-corrected chi connectivity index (χ3v) is 3.05. The first-order valence-corrected chi connectivity index (χ1v) is 6.71. The van der Waals surface area contributed by atoms with Crippen molar-refractivity contribution >= 4 is 0 Å². The van der Waals surface area contributed by atoms with Crippen molar-refractivity contribution in [1.29, 1.82) is 0 Å². The van der Waals surface area contributed by atoms with Crippen molar-refractivity contribution < 1.29 is 19.3 Å². The van der Waals surface area contributed by atoms with Gasteiger partial charge in [0.1, 0.15) is 23.0 Å². The van der Waals surface area contributed by atoms with Gasteiger partial charge < -0.3 is 19.3 Å². The van der Waals surface area contributed by atoms with Gasteiger partial charge in [0.15, 0.2) is 0 Å². The molecule has 0 fully saturated rings. The second kappa shape index (κ2) is 6.95. The number of hydrogen-bond acceptors (Lipinski definition) is 5. The highest BCUT2D eigenvalue weighted by atomic mass is 16.5. The fourth-order valence-corrected chi connectivity index (χ4v) is 1.83. The molecule has 5 nitrogen and oxygen atoms in total. The Morgan fingerprint density at radius 2 is 1.62 bits per heavy atom. The maximum Gasteiger partial charge on any atom is 0.145 e. The summed E-state index contributed by atoms with van der Waals surface area (Å²) in [6, 6.07) is 8.81. The van der Waals surface area contributed by atoms with Crippen molar-refractivity contribution in [2.75, 3.05) is 14.2 Å². The second-order valence-corrected chi connectivity index (χ2v) is 4.49. The number of hydrogen-bond donors (Lipinski definition) is 1. The molecule has 0 bridgehead atoms. The molecular formula is C16H19NO4. The molecule has 1 heterocycles. The van der Waals surface area contributed by atoms with E-state index in [1.165, 1.54) is 0 Å². The van der Waals surface area contributed by atoms with E-state index in [1.54, 1.807) is 50.7 Å². The van der Waals surface area contributed by atoms with E-state index >= 15 is 0 Å². The van der Waals surface area contributed by atoms with Gasteiger partial charge in [-0.1, -0.05) is 6.92 Å². The van der Waals surface area contributed by atoms with Gasteiger partial charge in [-0.3, -0.25) is 4.98 Å². The summed E-state index contributed by atoms with van der Waals surface area (Å²) in [4.78, 5) is 4.19. The summed E-state index contributed by atoms with van der Waals surface area (Å²) in [5.74, 6) is 2.47.